The van der Waals surface area contributed by atoms with Crippen LogP contribution in [0.2, 0.25) is 0 Å². The predicted molar refractivity (Wildman–Crippen MR) is 77.5 cm³/mol. The van der Waals surface area contributed by atoms with Gasteiger partial charge in [-0.25, -0.2) is 0 Å². The van der Waals surface area contributed by atoms with Gasteiger partial charge < -0.3 is 15.4 Å². The van der Waals surface area contributed by atoms with E-state index in [0.29, 0.717) is 12.1 Å². The third kappa shape index (κ3) is 2.26. The molecular weight excluding hydrogens is 236 g/mol. The summed E-state index contributed by atoms with van der Waals surface area (Å²) in [4.78, 5) is 2.48. The van der Waals surface area contributed by atoms with Gasteiger partial charge in [0.05, 0.1) is 7.11 Å². The molecule has 0 radical (unpaired) electrons. The van der Waals surface area contributed by atoms with Crippen LogP contribution in [0.5, 0.6) is 5.75 Å². The van der Waals surface area contributed by atoms with Gasteiger partial charge in [0.1, 0.15) is 5.75 Å². The standard InChI is InChI=1S/C16H24N2O/c1-18-7-6-16(10-13(17)9-14(18)11-16)12-4-3-5-15(8-12)19-2/h3-5,8,13-14H,6-7,9-11,17H2,1-2H3/t13-,14-,16-/m0/s1. The Morgan fingerprint density at radius 3 is 3.00 bits per heavy atom. The number of ether oxygens (including phenoxy) is 1. The fourth-order valence-electron chi connectivity index (χ4n) is 4.00. The predicted octanol–water partition coefficient (Wildman–Crippen LogP) is 2.15. The van der Waals surface area contributed by atoms with E-state index in [1.54, 1.807) is 7.11 Å². The summed E-state index contributed by atoms with van der Waals surface area (Å²) in [5.41, 5.74) is 8.01. The Balaban J connectivity index is 1.96. The van der Waals surface area contributed by atoms with Crippen molar-refractivity contribution in [2.75, 3.05) is 20.7 Å². The van der Waals surface area contributed by atoms with Crippen LogP contribution in [0.3, 0.4) is 0 Å². The van der Waals surface area contributed by atoms with Crippen molar-refractivity contribution in [2.45, 2.75) is 43.2 Å². The summed E-state index contributed by atoms with van der Waals surface area (Å²) in [7, 11) is 3.97. The molecule has 2 fully saturated rings. The lowest BCUT2D eigenvalue weighted by molar-refractivity contribution is 0.0618. The SMILES string of the molecule is COc1cccc([C@@]23CCN(C)[C@@H](C[C@H](N)C2)C3)c1. The maximum Gasteiger partial charge on any atom is 0.119 e. The fraction of sp³-hybridized carbons (Fsp3) is 0.625. The van der Waals surface area contributed by atoms with Crippen LogP contribution in [0.1, 0.15) is 31.2 Å². The summed E-state index contributed by atoms with van der Waals surface area (Å²) in [5.74, 6) is 0.960. The van der Waals surface area contributed by atoms with E-state index in [4.69, 9.17) is 10.5 Å². The molecule has 1 aromatic rings. The highest BCUT2D eigenvalue weighted by Crippen LogP contribution is 2.46. The number of piperidine rings is 1. The van der Waals surface area contributed by atoms with Crippen molar-refractivity contribution in [2.24, 2.45) is 5.73 Å². The van der Waals surface area contributed by atoms with Gasteiger partial charge in [-0.2, -0.15) is 0 Å². The quantitative estimate of drug-likeness (QED) is 0.885. The first-order valence-corrected chi connectivity index (χ1v) is 7.23. The zero-order chi connectivity index (χ0) is 13.5. The molecule has 1 aliphatic carbocycles. The monoisotopic (exact) mass is 260 g/mol. The number of methoxy groups -OCH3 is 1. The van der Waals surface area contributed by atoms with Gasteiger partial charge in [-0.15, -0.1) is 0 Å². The topological polar surface area (TPSA) is 38.5 Å². The summed E-state index contributed by atoms with van der Waals surface area (Å²) >= 11 is 0. The highest BCUT2D eigenvalue weighted by Gasteiger charge is 2.45. The number of hydrogen-bond acceptors (Lipinski definition) is 3. The number of hydrogen-bond donors (Lipinski definition) is 1. The van der Waals surface area contributed by atoms with Crippen LogP contribution in [0, 0.1) is 0 Å². The van der Waals surface area contributed by atoms with Crippen LogP contribution >= 0.6 is 0 Å². The molecule has 0 unspecified atom stereocenters. The Bertz CT molecular complexity index is 462. The molecule has 0 amide bonds. The number of benzene rings is 1. The lowest BCUT2D eigenvalue weighted by Crippen LogP contribution is -2.55. The second-order valence-corrected chi connectivity index (χ2v) is 6.30. The molecule has 2 bridgehead atoms. The zero-order valence-corrected chi connectivity index (χ0v) is 11.9. The second-order valence-electron chi connectivity index (χ2n) is 6.30. The van der Waals surface area contributed by atoms with Gasteiger partial charge in [0.15, 0.2) is 0 Å². The first-order chi connectivity index (χ1) is 9.13. The highest BCUT2D eigenvalue weighted by molar-refractivity contribution is 5.35. The van der Waals surface area contributed by atoms with E-state index < -0.39 is 0 Å². The van der Waals surface area contributed by atoms with Crippen molar-refractivity contribution in [3.05, 3.63) is 29.8 Å². The lowest BCUT2D eigenvalue weighted by Gasteiger charge is -2.51. The van der Waals surface area contributed by atoms with Gasteiger partial charge in [-0.3, -0.25) is 0 Å². The summed E-state index contributed by atoms with van der Waals surface area (Å²) in [6, 6.07) is 9.56. The average molecular weight is 260 g/mol. The molecule has 1 heterocycles. The Kier molecular flexibility index (Phi) is 3.27. The molecule has 3 heteroatoms. The van der Waals surface area contributed by atoms with E-state index in [9.17, 15) is 0 Å². The molecule has 3 atom stereocenters. The minimum Gasteiger partial charge on any atom is -0.497 e. The van der Waals surface area contributed by atoms with Gasteiger partial charge in [0.2, 0.25) is 0 Å². The maximum atomic E-state index is 6.32. The number of fused-ring (bicyclic) bond motifs is 2. The molecule has 2 aliphatic rings. The van der Waals surface area contributed by atoms with Crippen molar-refractivity contribution in [3.8, 4) is 5.75 Å². The third-order valence-electron chi connectivity index (χ3n) is 5.10. The fourth-order valence-corrected chi connectivity index (χ4v) is 4.00. The van der Waals surface area contributed by atoms with Crippen LogP contribution in [0.4, 0.5) is 0 Å². The lowest BCUT2D eigenvalue weighted by atomic mass is 9.62. The van der Waals surface area contributed by atoms with E-state index in [2.05, 4.69) is 30.1 Å². The maximum absolute atomic E-state index is 6.32. The molecule has 2 N–H and O–H groups in total. The largest absolute Gasteiger partial charge is 0.497 e. The molecule has 19 heavy (non-hydrogen) atoms. The Morgan fingerprint density at radius 1 is 1.37 bits per heavy atom. The van der Waals surface area contributed by atoms with Crippen molar-refractivity contribution in [1.29, 1.82) is 0 Å². The summed E-state index contributed by atoms with van der Waals surface area (Å²) in [6.07, 6.45) is 4.71. The van der Waals surface area contributed by atoms with Gasteiger partial charge in [-0.1, -0.05) is 12.1 Å². The number of nitrogens with zero attached hydrogens (tertiary/aromatic N) is 1. The smallest absolute Gasteiger partial charge is 0.119 e. The number of nitrogens with two attached hydrogens (primary N) is 1. The Hall–Kier alpha value is -1.06. The summed E-state index contributed by atoms with van der Waals surface area (Å²) < 4.78 is 5.39. The first kappa shape index (κ1) is 12.9. The van der Waals surface area contributed by atoms with E-state index in [1.165, 1.54) is 24.9 Å². The number of likely N-dealkylation sites (tertiary alicyclic amines) is 1. The molecule has 0 spiro atoms. The molecular formula is C16H24N2O. The summed E-state index contributed by atoms with van der Waals surface area (Å²) in [6.45, 7) is 1.18. The molecule has 1 aliphatic heterocycles. The minimum atomic E-state index is 0.267. The third-order valence-corrected chi connectivity index (χ3v) is 5.10. The van der Waals surface area contributed by atoms with Gasteiger partial charge in [0.25, 0.3) is 0 Å². The van der Waals surface area contributed by atoms with Crippen LogP contribution in [0.15, 0.2) is 24.3 Å². The average Bonchev–Trinajstić information content (AvgIpc) is 2.43. The van der Waals surface area contributed by atoms with Crippen molar-refractivity contribution < 1.29 is 4.74 Å². The van der Waals surface area contributed by atoms with E-state index in [0.717, 1.165) is 18.6 Å². The van der Waals surface area contributed by atoms with Gasteiger partial charge in [-0.05, 0) is 62.4 Å². The van der Waals surface area contributed by atoms with E-state index in [1.807, 2.05) is 6.07 Å². The summed E-state index contributed by atoms with van der Waals surface area (Å²) in [5, 5.41) is 0. The van der Waals surface area contributed by atoms with Crippen LogP contribution in [-0.4, -0.2) is 37.7 Å². The number of rotatable bonds is 2. The van der Waals surface area contributed by atoms with Crippen LogP contribution in [-0.2, 0) is 5.41 Å². The van der Waals surface area contributed by atoms with Gasteiger partial charge >= 0.3 is 0 Å². The Labute approximate surface area is 115 Å². The van der Waals surface area contributed by atoms with Crippen LogP contribution < -0.4 is 10.5 Å². The van der Waals surface area contributed by atoms with Crippen molar-refractivity contribution in [3.63, 3.8) is 0 Å². The molecule has 3 nitrogen and oxygen atoms in total. The van der Waals surface area contributed by atoms with Crippen molar-refractivity contribution in [1.82, 2.24) is 4.90 Å². The van der Waals surface area contributed by atoms with E-state index >= 15 is 0 Å². The second kappa shape index (κ2) is 4.80. The zero-order valence-electron chi connectivity index (χ0n) is 11.9. The molecule has 1 saturated heterocycles. The van der Waals surface area contributed by atoms with Crippen molar-refractivity contribution >= 4 is 0 Å². The Morgan fingerprint density at radius 2 is 2.21 bits per heavy atom. The normalized spacial score (nSPS) is 35.1. The molecule has 0 aromatic heterocycles. The van der Waals surface area contributed by atoms with E-state index in [-0.39, 0.29) is 5.41 Å². The molecule has 1 saturated carbocycles. The molecule has 3 rings (SSSR count). The minimum absolute atomic E-state index is 0.267. The molecule has 1 aromatic carbocycles. The van der Waals surface area contributed by atoms with Gasteiger partial charge in [0, 0.05) is 12.1 Å². The molecule has 104 valence electrons. The van der Waals surface area contributed by atoms with Crippen LogP contribution in [0.25, 0.3) is 0 Å². The first-order valence-electron chi connectivity index (χ1n) is 7.23. The highest BCUT2D eigenvalue weighted by atomic mass is 16.5.